The second-order valence-corrected chi connectivity index (χ2v) is 11.9. The molecule has 1 saturated heterocycles. The Balaban J connectivity index is 1.14. The second kappa shape index (κ2) is 12.6. The molecular weight excluding hydrogens is 546 g/mol. The quantitative estimate of drug-likeness (QED) is 0.196. The number of ether oxygens (including phenoxy) is 2. The molecular formula is C34H35N3O4S. The molecule has 1 aliphatic carbocycles. The van der Waals surface area contributed by atoms with Crippen LogP contribution in [0.25, 0.3) is 11.3 Å². The number of methoxy groups -OCH3 is 1. The fourth-order valence-electron chi connectivity index (χ4n) is 5.43. The number of carbonyl (C=O) groups is 1. The van der Waals surface area contributed by atoms with Crippen LogP contribution in [0.3, 0.4) is 0 Å². The second-order valence-electron chi connectivity index (χ2n) is 10.8. The first-order valence-electron chi connectivity index (χ1n) is 14.4. The molecule has 0 radical (unpaired) electrons. The van der Waals surface area contributed by atoms with E-state index in [4.69, 9.17) is 14.5 Å². The van der Waals surface area contributed by atoms with Crippen LogP contribution in [0.1, 0.15) is 36.8 Å². The monoisotopic (exact) mass is 581 g/mol. The van der Waals surface area contributed by atoms with Gasteiger partial charge in [0.2, 0.25) is 5.91 Å². The van der Waals surface area contributed by atoms with E-state index in [1.165, 1.54) is 0 Å². The molecule has 8 heteroatoms. The van der Waals surface area contributed by atoms with Crippen molar-refractivity contribution in [1.82, 2.24) is 9.29 Å². The minimum absolute atomic E-state index is 0.0675. The van der Waals surface area contributed by atoms with Gasteiger partial charge in [-0.3, -0.25) is 4.79 Å². The molecule has 0 bridgehead atoms. The molecule has 0 spiro atoms. The van der Waals surface area contributed by atoms with Gasteiger partial charge < -0.3 is 19.9 Å². The summed E-state index contributed by atoms with van der Waals surface area (Å²) in [5.41, 5.74) is 3.13. The lowest BCUT2D eigenvalue weighted by molar-refractivity contribution is -0.118. The summed E-state index contributed by atoms with van der Waals surface area (Å²) in [4.78, 5) is 19.5. The lowest BCUT2D eigenvalue weighted by Gasteiger charge is -2.21. The lowest BCUT2D eigenvalue weighted by Crippen LogP contribution is -2.28. The van der Waals surface area contributed by atoms with Crippen LogP contribution in [0, 0.1) is 0 Å². The Morgan fingerprint density at radius 3 is 2.57 bits per heavy atom. The summed E-state index contributed by atoms with van der Waals surface area (Å²) < 4.78 is 13.9. The SMILES string of the molecule is COc1ccc(C2(C(=O)Nc3cccc(-c4ccc(SN5CCC[C@@H]5CO)cc4)n3)CC2)cc1OCc1ccccc1. The van der Waals surface area contributed by atoms with E-state index in [0.29, 0.717) is 23.9 Å². The third-order valence-electron chi connectivity index (χ3n) is 8.04. The van der Waals surface area contributed by atoms with E-state index in [1.54, 1.807) is 19.1 Å². The van der Waals surface area contributed by atoms with E-state index >= 15 is 0 Å². The van der Waals surface area contributed by atoms with E-state index in [1.807, 2.05) is 66.7 Å². The van der Waals surface area contributed by atoms with Crippen molar-refractivity contribution in [3.8, 4) is 22.8 Å². The van der Waals surface area contributed by atoms with Crippen LogP contribution in [-0.4, -0.2) is 46.6 Å². The normalized spacial score (nSPS) is 17.5. The maximum Gasteiger partial charge on any atom is 0.236 e. The minimum atomic E-state index is -0.615. The van der Waals surface area contributed by atoms with Crippen molar-refractivity contribution in [2.24, 2.45) is 0 Å². The van der Waals surface area contributed by atoms with Gasteiger partial charge in [0.05, 0.1) is 24.8 Å². The maximum absolute atomic E-state index is 13.6. The highest BCUT2D eigenvalue weighted by Gasteiger charge is 2.51. The molecule has 1 aromatic heterocycles. The Kier molecular flexibility index (Phi) is 8.46. The summed E-state index contributed by atoms with van der Waals surface area (Å²) >= 11 is 1.69. The van der Waals surface area contributed by atoms with Gasteiger partial charge in [0.25, 0.3) is 0 Å². The molecule has 1 aliphatic heterocycles. The highest BCUT2D eigenvalue weighted by atomic mass is 32.2. The lowest BCUT2D eigenvalue weighted by atomic mass is 9.94. The first-order valence-corrected chi connectivity index (χ1v) is 15.1. The zero-order chi connectivity index (χ0) is 28.9. The maximum atomic E-state index is 13.6. The molecule has 2 fully saturated rings. The van der Waals surface area contributed by atoms with Gasteiger partial charge in [-0.25, -0.2) is 9.29 Å². The molecule has 6 rings (SSSR count). The molecule has 42 heavy (non-hydrogen) atoms. The van der Waals surface area contributed by atoms with Crippen LogP contribution in [0.2, 0.25) is 0 Å². The summed E-state index contributed by atoms with van der Waals surface area (Å²) in [5.74, 6) is 1.72. The predicted octanol–water partition coefficient (Wildman–Crippen LogP) is 6.47. The van der Waals surface area contributed by atoms with E-state index in [9.17, 15) is 9.90 Å². The van der Waals surface area contributed by atoms with Crippen molar-refractivity contribution in [2.45, 2.75) is 48.6 Å². The van der Waals surface area contributed by atoms with Gasteiger partial charge in [-0.1, -0.05) is 54.6 Å². The van der Waals surface area contributed by atoms with Gasteiger partial charge in [0.1, 0.15) is 12.4 Å². The fraction of sp³-hybridized carbons (Fsp3) is 0.294. The van der Waals surface area contributed by atoms with E-state index in [-0.39, 0.29) is 18.6 Å². The number of pyridine rings is 1. The van der Waals surface area contributed by atoms with E-state index in [0.717, 1.165) is 59.5 Å². The Morgan fingerprint density at radius 2 is 1.83 bits per heavy atom. The number of benzene rings is 3. The Morgan fingerprint density at radius 1 is 1.02 bits per heavy atom. The molecule has 1 saturated carbocycles. The molecule has 216 valence electrons. The molecule has 0 unspecified atom stereocenters. The summed E-state index contributed by atoms with van der Waals surface area (Å²) in [5, 5.41) is 12.7. The number of rotatable bonds is 11. The summed E-state index contributed by atoms with van der Waals surface area (Å²) in [6, 6.07) is 29.9. The van der Waals surface area contributed by atoms with Gasteiger partial charge in [-0.15, -0.1) is 0 Å². The van der Waals surface area contributed by atoms with Gasteiger partial charge in [0, 0.05) is 23.0 Å². The molecule has 3 aromatic carbocycles. The molecule has 2 heterocycles. The van der Waals surface area contributed by atoms with E-state index in [2.05, 4.69) is 33.9 Å². The molecule has 1 atom stereocenters. The van der Waals surface area contributed by atoms with Crippen LogP contribution in [-0.2, 0) is 16.8 Å². The molecule has 1 amide bonds. The van der Waals surface area contributed by atoms with Crippen molar-refractivity contribution in [2.75, 3.05) is 25.6 Å². The molecule has 2 N–H and O–H groups in total. The van der Waals surface area contributed by atoms with Gasteiger partial charge in [-0.05, 0) is 85.2 Å². The van der Waals surface area contributed by atoms with Crippen LogP contribution in [0.15, 0.2) is 95.9 Å². The highest BCUT2D eigenvalue weighted by molar-refractivity contribution is 7.97. The van der Waals surface area contributed by atoms with Gasteiger partial charge >= 0.3 is 0 Å². The third kappa shape index (κ3) is 6.16. The molecule has 2 aliphatic rings. The topological polar surface area (TPSA) is 83.9 Å². The number of hydrogen-bond acceptors (Lipinski definition) is 7. The molecule has 4 aromatic rings. The number of carbonyl (C=O) groups excluding carboxylic acids is 1. The van der Waals surface area contributed by atoms with E-state index < -0.39 is 5.41 Å². The first-order chi connectivity index (χ1) is 20.6. The van der Waals surface area contributed by atoms with Crippen molar-refractivity contribution < 1.29 is 19.4 Å². The molecule has 7 nitrogen and oxygen atoms in total. The fourth-order valence-corrected chi connectivity index (χ4v) is 6.50. The largest absolute Gasteiger partial charge is 0.493 e. The summed E-state index contributed by atoms with van der Waals surface area (Å²) in [6.45, 7) is 1.59. The average molecular weight is 582 g/mol. The number of amides is 1. The van der Waals surface area contributed by atoms with Crippen molar-refractivity contribution >= 4 is 23.7 Å². The van der Waals surface area contributed by atoms with Crippen LogP contribution >= 0.6 is 11.9 Å². The zero-order valence-corrected chi connectivity index (χ0v) is 24.5. The van der Waals surface area contributed by atoms with Crippen LogP contribution < -0.4 is 14.8 Å². The Hall–Kier alpha value is -3.85. The smallest absolute Gasteiger partial charge is 0.236 e. The number of aliphatic hydroxyl groups is 1. The third-order valence-corrected chi connectivity index (χ3v) is 9.23. The number of anilines is 1. The summed E-state index contributed by atoms with van der Waals surface area (Å²) in [6.07, 6.45) is 3.67. The van der Waals surface area contributed by atoms with Gasteiger partial charge in [-0.2, -0.15) is 0 Å². The van der Waals surface area contributed by atoms with Crippen molar-refractivity contribution in [1.29, 1.82) is 0 Å². The first kappa shape index (κ1) is 28.3. The average Bonchev–Trinajstić information content (AvgIpc) is 3.74. The van der Waals surface area contributed by atoms with Crippen LogP contribution in [0.5, 0.6) is 11.5 Å². The number of hydrogen-bond donors (Lipinski definition) is 2. The minimum Gasteiger partial charge on any atom is -0.493 e. The number of aliphatic hydroxyl groups excluding tert-OH is 1. The number of aromatic nitrogens is 1. The highest BCUT2D eigenvalue weighted by Crippen LogP contribution is 2.50. The standard InChI is InChI=1S/C34H35N3O4S/c1-40-30-17-14-26(21-31(30)41-23-24-7-3-2-4-8-24)34(18-19-34)33(39)36-32-11-5-10-29(35-32)25-12-15-28(16-13-25)42-37-20-6-9-27(37)22-38/h2-5,7-8,10-17,21,27,38H,6,9,18-20,22-23H2,1H3,(H,35,36,39)/t27-/m1/s1. The predicted molar refractivity (Wildman–Crippen MR) is 166 cm³/mol. The van der Waals surface area contributed by atoms with Crippen molar-refractivity contribution in [3.63, 3.8) is 0 Å². The Labute approximate surface area is 251 Å². The number of nitrogens with zero attached hydrogens (tertiary/aromatic N) is 2. The zero-order valence-electron chi connectivity index (χ0n) is 23.7. The van der Waals surface area contributed by atoms with Gasteiger partial charge in [0.15, 0.2) is 11.5 Å². The Bertz CT molecular complexity index is 1530. The van der Waals surface area contributed by atoms with Crippen molar-refractivity contribution in [3.05, 3.63) is 102 Å². The summed E-state index contributed by atoms with van der Waals surface area (Å²) in [7, 11) is 1.62. The number of nitrogens with one attached hydrogen (secondary N) is 1. The van der Waals surface area contributed by atoms with Crippen LogP contribution in [0.4, 0.5) is 5.82 Å².